The summed E-state index contributed by atoms with van der Waals surface area (Å²) >= 11 is 6.11. The van der Waals surface area contributed by atoms with Crippen molar-refractivity contribution in [2.75, 3.05) is 12.4 Å². The number of hydrogen-bond donors (Lipinski definition) is 1. The van der Waals surface area contributed by atoms with Crippen molar-refractivity contribution >= 4 is 34.8 Å². The van der Waals surface area contributed by atoms with Gasteiger partial charge in [0.25, 0.3) is 17.5 Å². The predicted molar refractivity (Wildman–Crippen MR) is 115 cm³/mol. The highest BCUT2D eigenvalue weighted by Gasteiger charge is 2.16. The number of carbonyl (C=O) groups is 2. The summed E-state index contributed by atoms with van der Waals surface area (Å²) in [6, 6.07) is 19.4. The molecule has 3 rings (SSSR count). The second kappa shape index (κ2) is 9.19. The fourth-order valence-corrected chi connectivity index (χ4v) is 3.01. The molecule has 3 aromatic rings. The van der Waals surface area contributed by atoms with E-state index in [9.17, 15) is 19.7 Å². The van der Waals surface area contributed by atoms with Crippen LogP contribution in [0.15, 0.2) is 72.8 Å². The van der Waals surface area contributed by atoms with Gasteiger partial charge in [-0.15, -0.1) is 0 Å². The highest BCUT2D eigenvalue weighted by atomic mass is 35.5. The molecule has 0 aromatic heterocycles. The lowest BCUT2D eigenvalue weighted by atomic mass is 10.1. The average Bonchev–Trinajstić information content (AvgIpc) is 2.75. The van der Waals surface area contributed by atoms with Gasteiger partial charge in [0.05, 0.1) is 4.92 Å². The van der Waals surface area contributed by atoms with Gasteiger partial charge in [-0.2, -0.15) is 0 Å². The molecule has 152 valence electrons. The SMILES string of the molecule is CN(Cc1cc([N+](=O)[O-])ccc1Cl)C(=O)c1ccc(NC(=O)c2ccccc2)cc1. The summed E-state index contributed by atoms with van der Waals surface area (Å²) < 4.78 is 0. The zero-order valence-corrected chi connectivity index (χ0v) is 16.8. The van der Waals surface area contributed by atoms with Gasteiger partial charge in [0.1, 0.15) is 0 Å². The van der Waals surface area contributed by atoms with Gasteiger partial charge < -0.3 is 10.2 Å². The number of nitrogens with one attached hydrogen (secondary N) is 1. The molecule has 0 bridgehead atoms. The molecule has 0 unspecified atom stereocenters. The normalized spacial score (nSPS) is 10.3. The fourth-order valence-electron chi connectivity index (χ4n) is 2.83. The van der Waals surface area contributed by atoms with E-state index in [1.54, 1.807) is 55.6 Å². The van der Waals surface area contributed by atoms with E-state index in [-0.39, 0.29) is 24.0 Å². The van der Waals surface area contributed by atoms with Crippen LogP contribution < -0.4 is 5.32 Å². The summed E-state index contributed by atoms with van der Waals surface area (Å²) in [5.74, 6) is -0.523. The molecule has 0 aliphatic heterocycles. The standard InChI is InChI=1S/C22H18ClN3O4/c1-25(14-17-13-19(26(29)30)11-12-20(17)23)22(28)16-7-9-18(10-8-16)24-21(27)15-5-3-2-4-6-15/h2-13H,14H2,1H3,(H,24,27). The van der Waals surface area contributed by atoms with Gasteiger partial charge in [-0.3, -0.25) is 19.7 Å². The van der Waals surface area contributed by atoms with Gasteiger partial charge in [-0.25, -0.2) is 0 Å². The number of nitrogens with zero attached hydrogens (tertiary/aromatic N) is 2. The minimum atomic E-state index is -0.510. The van der Waals surface area contributed by atoms with E-state index in [1.807, 2.05) is 6.07 Å². The molecule has 8 heteroatoms. The lowest BCUT2D eigenvalue weighted by Crippen LogP contribution is -2.26. The summed E-state index contributed by atoms with van der Waals surface area (Å²) in [6.45, 7) is 0.117. The molecule has 7 nitrogen and oxygen atoms in total. The Morgan fingerprint density at radius 2 is 1.67 bits per heavy atom. The molecule has 0 heterocycles. The topological polar surface area (TPSA) is 92.5 Å². The van der Waals surface area contributed by atoms with Crippen LogP contribution in [0, 0.1) is 10.1 Å². The number of rotatable bonds is 6. The Hall–Kier alpha value is -3.71. The third-order valence-electron chi connectivity index (χ3n) is 4.42. The zero-order chi connectivity index (χ0) is 21.7. The van der Waals surface area contributed by atoms with E-state index in [2.05, 4.69) is 5.32 Å². The summed E-state index contributed by atoms with van der Waals surface area (Å²) in [7, 11) is 1.59. The Labute approximate surface area is 178 Å². The molecule has 0 saturated heterocycles. The summed E-state index contributed by atoms with van der Waals surface area (Å²) in [5, 5.41) is 14.1. The van der Waals surface area contributed by atoms with Crippen molar-refractivity contribution in [2.24, 2.45) is 0 Å². The Bertz CT molecular complexity index is 1090. The summed E-state index contributed by atoms with van der Waals surface area (Å²) in [5.41, 5.74) is 1.90. The zero-order valence-electron chi connectivity index (χ0n) is 16.0. The van der Waals surface area contributed by atoms with Gasteiger partial charge in [-0.05, 0) is 48.0 Å². The van der Waals surface area contributed by atoms with Crippen LogP contribution in [0.25, 0.3) is 0 Å². The van der Waals surface area contributed by atoms with Crippen molar-refractivity contribution in [1.29, 1.82) is 0 Å². The van der Waals surface area contributed by atoms with E-state index in [4.69, 9.17) is 11.6 Å². The van der Waals surface area contributed by atoms with Crippen LogP contribution >= 0.6 is 11.6 Å². The molecule has 0 aliphatic carbocycles. The van der Waals surface area contributed by atoms with Crippen LogP contribution in [-0.2, 0) is 6.54 Å². The van der Waals surface area contributed by atoms with Gasteiger partial charge in [0.15, 0.2) is 0 Å². The Morgan fingerprint density at radius 3 is 2.30 bits per heavy atom. The van der Waals surface area contributed by atoms with Crippen molar-refractivity contribution in [2.45, 2.75) is 6.54 Å². The van der Waals surface area contributed by atoms with Crippen molar-refractivity contribution < 1.29 is 14.5 Å². The monoisotopic (exact) mass is 423 g/mol. The number of nitro benzene ring substituents is 1. The largest absolute Gasteiger partial charge is 0.337 e. The number of amides is 2. The molecule has 0 aliphatic rings. The number of non-ortho nitro benzene ring substituents is 1. The minimum absolute atomic E-state index is 0.0891. The van der Waals surface area contributed by atoms with Crippen LogP contribution in [0.3, 0.4) is 0 Å². The smallest absolute Gasteiger partial charge is 0.269 e. The van der Waals surface area contributed by atoms with E-state index >= 15 is 0 Å². The Kier molecular flexibility index (Phi) is 6.44. The Balaban J connectivity index is 1.67. The third-order valence-corrected chi connectivity index (χ3v) is 4.79. The van der Waals surface area contributed by atoms with Gasteiger partial charge in [-0.1, -0.05) is 29.8 Å². The number of nitro groups is 1. The fraction of sp³-hybridized carbons (Fsp3) is 0.0909. The second-order valence-corrected chi connectivity index (χ2v) is 7.00. The Morgan fingerprint density at radius 1 is 1.00 bits per heavy atom. The lowest BCUT2D eigenvalue weighted by molar-refractivity contribution is -0.384. The molecular formula is C22H18ClN3O4. The van der Waals surface area contributed by atoms with Crippen LogP contribution in [0.4, 0.5) is 11.4 Å². The quantitative estimate of drug-likeness (QED) is 0.456. The van der Waals surface area contributed by atoms with Crippen LogP contribution in [0.1, 0.15) is 26.3 Å². The maximum Gasteiger partial charge on any atom is 0.269 e. The predicted octanol–water partition coefficient (Wildman–Crippen LogP) is 4.77. The van der Waals surface area contributed by atoms with E-state index in [0.29, 0.717) is 27.4 Å². The molecule has 30 heavy (non-hydrogen) atoms. The first kappa shape index (κ1) is 21.0. The maximum atomic E-state index is 12.7. The first-order valence-electron chi connectivity index (χ1n) is 9.00. The number of benzene rings is 3. The van der Waals surface area contributed by atoms with Crippen molar-refractivity contribution in [3.05, 3.63) is 105 Å². The summed E-state index contributed by atoms with van der Waals surface area (Å²) in [4.78, 5) is 36.8. The highest BCUT2D eigenvalue weighted by Crippen LogP contribution is 2.24. The van der Waals surface area contributed by atoms with Crippen molar-refractivity contribution in [3.63, 3.8) is 0 Å². The van der Waals surface area contributed by atoms with Gasteiger partial charge in [0.2, 0.25) is 0 Å². The summed E-state index contributed by atoms with van der Waals surface area (Å²) in [6.07, 6.45) is 0. The van der Waals surface area contributed by atoms with Gasteiger partial charge in [0, 0.05) is 47.6 Å². The average molecular weight is 424 g/mol. The number of carbonyl (C=O) groups excluding carboxylic acids is 2. The molecule has 0 saturated carbocycles. The minimum Gasteiger partial charge on any atom is -0.337 e. The number of anilines is 1. The molecule has 0 spiro atoms. The lowest BCUT2D eigenvalue weighted by Gasteiger charge is -2.18. The van der Waals surface area contributed by atoms with Crippen LogP contribution in [0.2, 0.25) is 5.02 Å². The van der Waals surface area contributed by atoms with Crippen molar-refractivity contribution in [1.82, 2.24) is 4.90 Å². The number of halogens is 1. The van der Waals surface area contributed by atoms with Crippen molar-refractivity contribution in [3.8, 4) is 0 Å². The molecule has 1 N–H and O–H groups in total. The molecule has 0 fully saturated rings. The first-order chi connectivity index (χ1) is 14.3. The third kappa shape index (κ3) is 5.01. The molecule has 0 radical (unpaired) electrons. The molecule has 3 aromatic carbocycles. The molecule has 2 amide bonds. The molecule has 0 atom stereocenters. The first-order valence-corrected chi connectivity index (χ1v) is 9.37. The van der Waals surface area contributed by atoms with Gasteiger partial charge >= 0.3 is 0 Å². The molecular weight excluding hydrogens is 406 g/mol. The van der Waals surface area contributed by atoms with E-state index in [0.717, 1.165) is 0 Å². The second-order valence-electron chi connectivity index (χ2n) is 6.59. The maximum absolute atomic E-state index is 12.7. The number of hydrogen-bond acceptors (Lipinski definition) is 4. The van der Waals surface area contributed by atoms with Crippen LogP contribution in [-0.4, -0.2) is 28.7 Å². The van der Waals surface area contributed by atoms with E-state index in [1.165, 1.54) is 23.1 Å². The van der Waals surface area contributed by atoms with E-state index < -0.39 is 4.92 Å². The van der Waals surface area contributed by atoms with Crippen LogP contribution in [0.5, 0.6) is 0 Å². The highest BCUT2D eigenvalue weighted by molar-refractivity contribution is 6.31.